The largest absolute Gasteiger partial charge is 0.497 e. The molecule has 7 heteroatoms. The van der Waals surface area contributed by atoms with Gasteiger partial charge in [0, 0.05) is 35.6 Å². The Bertz CT molecular complexity index is 1190. The molecule has 0 unspecified atom stereocenters. The van der Waals surface area contributed by atoms with Gasteiger partial charge in [0.15, 0.2) is 0 Å². The summed E-state index contributed by atoms with van der Waals surface area (Å²) in [5, 5.41) is 7.47. The molecule has 0 radical (unpaired) electrons. The van der Waals surface area contributed by atoms with Crippen molar-refractivity contribution < 1.29 is 9.53 Å². The molecule has 0 saturated carbocycles. The van der Waals surface area contributed by atoms with Crippen molar-refractivity contribution in [2.75, 3.05) is 12.4 Å². The number of hydrogen-bond donors (Lipinski definition) is 1. The number of amides is 1. The fourth-order valence-electron chi connectivity index (χ4n) is 3.50. The number of aryl methyl sites for hydroxylation is 1. The van der Waals surface area contributed by atoms with Crippen LogP contribution in [0.15, 0.2) is 67.3 Å². The molecule has 158 valence electrons. The molecular formula is C24H25N5O2. The number of imidazole rings is 1. The molecule has 2 heterocycles. The molecule has 4 aromatic rings. The maximum atomic E-state index is 13.1. The second-order valence-electron chi connectivity index (χ2n) is 7.59. The van der Waals surface area contributed by atoms with Crippen LogP contribution in [0.3, 0.4) is 0 Å². The molecule has 0 aliphatic carbocycles. The smallest absolute Gasteiger partial charge is 0.256 e. The predicted molar refractivity (Wildman–Crippen MR) is 121 cm³/mol. The van der Waals surface area contributed by atoms with Gasteiger partial charge < -0.3 is 14.6 Å². The summed E-state index contributed by atoms with van der Waals surface area (Å²) in [6.45, 7) is 5.98. The number of aromatic nitrogens is 4. The Morgan fingerprint density at radius 1 is 1.10 bits per heavy atom. The third-order valence-electron chi connectivity index (χ3n) is 5.03. The first-order valence-corrected chi connectivity index (χ1v) is 10.1. The molecule has 1 N–H and O–H groups in total. The number of rotatable bonds is 6. The highest BCUT2D eigenvalue weighted by Gasteiger charge is 2.16. The molecule has 0 spiro atoms. The zero-order valence-electron chi connectivity index (χ0n) is 18.0. The lowest BCUT2D eigenvalue weighted by molar-refractivity contribution is 0.102. The van der Waals surface area contributed by atoms with Gasteiger partial charge in [-0.1, -0.05) is 12.1 Å². The van der Waals surface area contributed by atoms with Gasteiger partial charge in [0.05, 0.1) is 24.8 Å². The summed E-state index contributed by atoms with van der Waals surface area (Å²) in [6.07, 6.45) is 5.35. The first-order chi connectivity index (χ1) is 15.0. The summed E-state index contributed by atoms with van der Waals surface area (Å²) >= 11 is 0. The number of benzene rings is 2. The van der Waals surface area contributed by atoms with Crippen molar-refractivity contribution in [2.45, 2.75) is 26.8 Å². The number of anilines is 1. The summed E-state index contributed by atoms with van der Waals surface area (Å²) in [4.78, 5) is 17.2. The van der Waals surface area contributed by atoms with E-state index in [1.165, 1.54) is 0 Å². The average molecular weight is 415 g/mol. The van der Waals surface area contributed by atoms with Gasteiger partial charge in [0.1, 0.15) is 11.6 Å². The summed E-state index contributed by atoms with van der Waals surface area (Å²) in [7, 11) is 1.64. The van der Waals surface area contributed by atoms with Crippen molar-refractivity contribution in [1.29, 1.82) is 0 Å². The topological polar surface area (TPSA) is 74.0 Å². The van der Waals surface area contributed by atoms with Gasteiger partial charge in [0.2, 0.25) is 0 Å². The standard InChI is InChI=1S/C24H25N5O2/c1-16(2)29-23(13-17(3)27-29)26-24(30)19-7-10-22(28-12-11-25-15-28)21(14-19)18-5-8-20(31-4)9-6-18/h5-16H,1-4H3,(H,26,30). The number of nitrogens with one attached hydrogen (secondary N) is 1. The van der Waals surface area contributed by atoms with Crippen LogP contribution in [-0.2, 0) is 0 Å². The molecule has 0 aliphatic heterocycles. The highest BCUT2D eigenvalue weighted by Crippen LogP contribution is 2.30. The Morgan fingerprint density at radius 2 is 1.87 bits per heavy atom. The van der Waals surface area contributed by atoms with Crippen LogP contribution in [0.2, 0.25) is 0 Å². The number of ether oxygens (including phenoxy) is 1. The molecule has 1 amide bonds. The number of carbonyl (C=O) groups excluding carboxylic acids is 1. The van der Waals surface area contributed by atoms with Crippen molar-refractivity contribution in [1.82, 2.24) is 19.3 Å². The molecule has 0 saturated heterocycles. The van der Waals surface area contributed by atoms with Gasteiger partial charge in [-0.15, -0.1) is 0 Å². The molecule has 0 fully saturated rings. The van der Waals surface area contributed by atoms with Gasteiger partial charge in [-0.3, -0.25) is 4.79 Å². The van der Waals surface area contributed by atoms with Gasteiger partial charge in [-0.2, -0.15) is 5.10 Å². The van der Waals surface area contributed by atoms with Gasteiger partial charge in [-0.25, -0.2) is 9.67 Å². The first kappa shape index (κ1) is 20.4. The molecule has 0 aliphatic rings. The van der Waals surface area contributed by atoms with E-state index in [-0.39, 0.29) is 11.9 Å². The maximum absolute atomic E-state index is 13.1. The Hall–Kier alpha value is -3.87. The lowest BCUT2D eigenvalue weighted by Gasteiger charge is -2.15. The van der Waals surface area contributed by atoms with Crippen LogP contribution in [0.1, 0.15) is 35.9 Å². The number of carbonyl (C=O) groups is 1. The fraction of sp³-hybridized carbons (Fsp3) is 0.208. The Kier molecular flexibility index (Phi) is 5.58. The number of methoxy groups -OCH3 is 1. The summed E-state index contributed by atoms with van der Waals surface area (Å²) in [6, 6.07) is 15.4. The molecule has 2 aromatic carbocycles. The van der Waals surface area contributed by atoms with Crippen LogP contribution in [0.4, 0.5) is 5.82 Å². The van der Waals surface area contributed by atoms with E-state index in [4.69, 9.17) is 4.74 Å². The van der Waals surface area contributed by atoms with Crippen molar-refractivity contribution >= 4 is 11.7 Å². The monoisotopic (exact) mass is 415 g/mol. The molecule has 7 nitrogen and oxygen atoms in total. The lowest BCUT2D eigenvalue weighted by atomic mass is 10.00. The number of nitrogens with zero attached hydrogens (tertiary/aromatic N) is 4. The van der Waals surface area contributed by atoms with E-state index >= 15 is 0 Å². The van der Waals surface area contributed by atoms with Crippen molar-refractivity contribution in [3.05, 3.63) is 78.5 Å². The van der Waals surface area contributed by atoms with E-state index < -0.39 is 0 Å². The third kappa shape index (κ3) is 4.21. The van der Waals surface area contributed by atoms with Crippen LogP contribution in [0.5, 0.6) is 5.75 Å². The SMILES string of the molecule is COc1ccc(-c2cc(C(=O)Nc3cc(C)nn3C(C)C)ccc2-n2ccnc2)cc1. The van der Waals surface area contributed by atoms with Crippen molar-refractivity contribution in [3.63, 3.8) is 0 Å². The Balaban J connectivity index is 1.73. The molecule has 0 atom stereocenters. The first-order valence-electron chi connectivity index (χ1n) is 10.1. The average Bonchev–Trinajstić information content (AvgIpc) is 3.43. The second-order valence-corrected chi connectivity index (χ2v) is 7.59. The fourth-order valence-corrected chi connectivity index (χ4v) is 3.50. The van der Waals surface area contributed by atoms with E-state index in [1.54, 1.807) is 19.6 Å². The minimum Gasteiger partial charge on any atom is -0.497 e. The summed E-state index contributed by atoms with van der Waals surface area (Å²) < 4.78 is 9.03. The Morgan fingerprint density at radius 3 is 2.52 bits per heavy atom. The van der Waals surface area contributed by atoms with E-state index in [0.29, 0.717) is 11.4 Å². The Labute approximate surface area is 181 Å². The molecule has 2 aromatic heterocycles. The molecule has 4 rings (SSSR count). The summed E-state index contributed by atoms with van der Waals surface area (Å²) in [5.74, 6) is 1.27. The maximum Gasteiger partial charge on any atom is 0.256 e. The van der Waals surface area contributed by atoms with Crippen LogP contribution >= 0.6 is 0 Å². The summed E-state index contributed by atoms with van der Waals surface area (Å²) in [5.41, 5.74) is 4.24. The van der Waals surface area contributed by atoms with Crippen molar-refractivity contribution in [2.24, 2.45) is 0 Å². The highest BCUT2D eigenvalue weighted by molar-refractivity contribution is 6.05. The predicted octanol–water partition coefficient (Wildman–Crippen LogP) is 4.89. The molecule has 31 heavy (non-hydrogen) atoms. The molecule has 0 bridgehead atoms. The zero-order valence-corrected chi connectivity index (χ0v) is 18.0. The quantitative estimate of drug-likeness (QED) is 0.487. The third-order valence-corrected chi connectivity index (χ3v) is 5.03. The van der Waals surface area contributed by atoms with E-state index in [0.717, 1.165) is 28.3 Å². The van der Waals surface area contributed by atoms with Gasteiger partial charge in [0.25, 0.3) is 5.91 Å². The van der Waals surface area contributed by atoms with Crippen LogP contribution in [0.25, 0.3) is 16.8 Å². The normalized spacial score (nSPS) is 11.0. The molecular weight excluding hydrogens is 390 g/mol. The van der Waals surface area contributed by atoms with E-state index in [2.05, 4.69) is 15.4 Å². The van der Waals surface area contributed by atoms with Crippen LogP contribution in [-0.4, -0.2) is 32.3 Å². The second kappa shape index (κ2) is 8.47. The van der Waals surface area contributed by atoms with Gasteiger partial charge >= 0.3 is 0 Å². The minimum atomic E-state index is -0.186. The highest BCUT2D eigenvalue weighted by atomic mass is 16.5. The van der Waals surface area contributed by atoms with Gasteiger partial charge in [-0.05, 0) is 56.7 Å². The number of hydrogen-bond acceptors (Lipinski definition) is 4. The lowest BCUT2D eigenvalue weighted by Crippen LogP contribution is -2.17. The minimum absolute atomic E-state index is 0.141. The van der Waals surface area contributed by atoms with E-state index in [9.17, 15) is 4.79 Å². The van der Waals surface area contributed by atoms with Crippen LogP contribution < -0.4 is 10.1 Å². The van der Waals surface area contributed by atoms with Crippen LogP contribution in [0, 0.1) is 6.92 Å². The zero-order chi connectivity index (χ0) is 22.0. The van der Waals surface area contributed by atoms with E-state index in [1.807, 2.05) is 84.7 Å². The van der Waals surface area contributed by atoms with Crippen molar-refractivity contribution in [3.8, 4) is 22.6 Å².